The van der Waals surface area contributed by atoms with Gasteiger partial charge in [-0.05, 0) is 23.1 Å². The lowest BCUT2D eigenvalue weighted by Crippen LogP contribution is -2.65. The molecule has 0 amide bonds. The van der Waals surface area contributed by atoms with E-state index in [9.17, 15) is 9.90 Å². The number of aliphatic hydroxyl groups is 1. The average molecular weight is 455 g/mol. The molecule has 0 aromatic heterocycles. The quantitative estimate of drug-likeness (QED) is 0.434. The second kappa shape index (κ2) is 8.37. The third-order valence-electron chi connectivity index (χ3n) is 8.46. The van der Waals surface area contributed by atoms with Gasteiger partial charge < -0.3 is 14.3 Å². The van der Waals surface area contributed by atoms with Crippen molar-refractivity contribution in [3.05, 3.63) is 95.6 Å². The number of rotatable bonds is 6. The fourth-order valence-electron chi connectivity index (χ4n) is 6.59. The second-order valence-electron chi connectivity index (χ2n) is 10.4. The Morgan fingerprint density at radius 1 is 0.882 bits per heavy atom. The Morgan fingerprint density at radius 2 is 1.47 bits per heavy atom. The fraction of sp³-hybridized carbons (Fsp3) is 0.367. The van der Waals surface area contributed by atoms with E-state index in [4.69, 9.17) is 4.74 Å². The molecule has 2 bridgehead atoms. The van der Waals surface area contributed by atoms with E-state index in [1.54, 1.807) is 0 Å². The first-order valence-corrected chi connectivity index (χ1v) is 12.6. The summed E-state index contributed by atoms with van der Waals surface area (Å²) in [6.07, 6.45) is 4.28. The van der Waals surface area contributed by atoms with Gasteiger partial charge in [-0.2, -0.15) is 0 Å². The molecular weight excluding hydrogens is 422 g/mol. The number of hydrogen-bond acceptors (Lipinski definition) is 3. The predicted molar refractivity (Wildman–Crippen MR) is 132 cm³/mol. The van der Waals surface area contributed by atoms with Crippen LogP contribution in [0.3, 0.4) is 0 Å². The highest BCUT2D eigenvalue weighted by Gasteiger charge is 2.53. The van der Waals surface area contributed by atoms with E-state index in [2.05, 4.69) is 30.3 Å². The lowest BCUT2D eigenvalue weighted by molar-refractivity contribution is -0.946. The number of carbonyl (C=O) groups excluding carboxylic acids is 1. The first-order chi connectivity index (χ1) is 16.6. The largest absolute Gasteiger partial charge is 0.453 e. The van der Waals surface area contributed by atoms with Gasteiger partial charge in [0, 0.05) is 36.3 Å². The number of piperidine rings is 3. The van der Waals surface area contributed by atoms with Crippen molar-refractivity contribution in [1.82, 2.24) is 0 Å². The molecule has 0 radical (unpaired) electrons. The SMILES string of the molecule is O=C(O[C@H]1C[N+]2(CCCc3ccccc3)CCC1CC2)C1(O)c2ccccc2-c2ccccc21. The van der Waals surface area contributed by atoms with Crippen molar-refractivity contribution in [1.29, 1.82) is 0 Å². The Balaban J connectivity index is 1.20. The second-order valence-corrected chi connectivity index (χ2v) is 10.4. The molecule has 3 aromatic rings. The smallest absolute Gasteiger partial charge is 0.348 e. The molecule has 34 heavy (non-hydrogen) atoms. The van der Waals surface area contributed by atoms with Crippen LogP contribution in [-0.2, 0) is 21.6 Å². The molecule has 3 fully saturated rings. The van der Waals surface area contributed by atoms with Crippen molar-refractivity contribution in [2.24, 2.45) is 5.92 Å². The van der Waals surface area contributed by atoms with Gasteiger partial charge in [0.2, 0.25) is 5.60 Å². The number of benzene rings is 3. The highest BCUT2D eigenvalue weighted by Crippen LogP contribution is 2.48. The maximum absolute atomic E-state index is 13.7. The molecule has 1 N–H and O–H groups in total. The first-order valence-electron chi connectivity index (χ1n) is 12.6. The fourth-order valence-corrected chi connectivity index (χ4v) is 6.59. The number of quaternary nitrogens is 1. The maximum atomic E-state index is 13.7. The van der Waals surface area contributed by atoms with Crippen LogP contribution in [0, 0.1) is 5.92 Å². The summed E-state index contributed by atoms with van der Waals surface area (Å²) in [4.78, 5) is 13.7. The van der Waals surface area contributed by atoms with Gasteiger partial charge in [-0.3, -0.25) is 0 Å². The molecule has 0 saturated carbocycles. The number of nitrogens with zero attached hydrogens (tertiary/aromatic N) is 1. The maximum Gasteiger partial charge on any atom is 0.348 e. The number of ether oxygens (including phenoxy) is 1. The topological polar surface area (TPSA) is 46.5 Å². The van der Waals surface area contributed by atoms with Gasteiger partial charge >= 0.3 is 5.97 Å². The minimum atomic E-state index is -1.74. The Bertz CT molecular complexity index is 1150. The van der Waals surface area contributed by atoms with E-state index in [1.165, 1.54) is 18.7 Å². The molecule has 7 rings (SSSR count). The predicted octanol–water partition coefficient (Wildman–Crippen LogP) is 4.69. The highest BCUT2D eigenvalue weighted by atomic mass is 16.6. The summed E-state index contributed by atoms with van der Waals surface area (Å²) in [7, 11) is 0. The van der Waals surface area contributed by atoms with Crippen LogP contribution in [0.5, 0.6) is 0 Å². The van der Waals surface area contributed by atoms with E-state index in [0.29, 0.717) is 17.0 Å². The normalized spacial score (nSPS) is 26.0. The third kappa shape index (κ3) is 3.48. The molecular formula is C30H32NO3+. The molecule has 4 heteroatoms. The Hall–Kier alpha value is -2.95. The van der Waals surface area contributed by atoms with Crippen molar-refractivity contribution in [2.75, 3.05) is 26.2 Å². The van der Waals surface area contributed by atoms with Crippen molar-refractivity contribution in [2.45, 2.75) is 37.4 Å². The third-order valence-corrected chi connectivity index (χ3v) is 8.46. The van der Waals surface area contributed by atoms with E-state index in [-0.39, 0.29) is 6.10 Å². The van der Waals surface area contributed by atoms with Gasteiger partial charge in [0.15, 0.2) is 6.10 Å². The summed E-state index contributed by atoms with van der Waals surface area (Å²) in [6, 6.07) is 26.0. The molecule has 3 aliphatic heterocycles. The van der Waals surface area contributed by atoms with Crippen molar-refractivity contribution in [3.8, 4) is 11.1 Å². The van der Waals surface area contributed by atoms with E-state index < -0.39 is 11.6 Å². The zero-order valence-electron chi connectivity index (χ0n) is 19.5. The van der Waals surface area contributed by atoms with Crippen molar-refractivity contribution < 1.29 is 19.1 Å². The van der Waals surface area contributed by atoms with Crippen LogP contribution in [0.25, 0.3) is 11.1 Å². The first kappa shape index (κ1) is 21.6. The molecule has 174 valence electrons. The zero-order valence-corrected chi connectivity index (χ0v) is 19.5. The Kier molecular flexibility index (Phi) is 5.31. The molecule has 1 aliphatic carbocycles. The molecule has 3 saturated heterocycles. The van der Waals surface area contributed by atoms with E-state index in [1.807, 2.05) is 48.5 Å². The standard InChI is InChI=1S/C30H32NO3/c32-29(30(33)26-14-6-4-12-24(26)25-13-5-7-15-27(25)30)34-28-21-31(19-16-23(28)17-20-31)18-8-11-22-9-2-1-3-10-22/h1-7,9-10,12-15,23,28,33H,8,11,16-21H2/q+1/t23?,28-,31?/m0/s1. The molecule has 0 spiro atoms. The summed E-state index contributed by atoms with van der Waals surface area (Å²) in [5.41, 5.74) is 2.74. The lowest BCUT2D eigenvalue weighted by atomic mass is 9.82. The Morgan fingerprint density at radius 3 is 2.12 bits per heavy atom. The zero-order chi connectivity index (χ0) is 23.2. The summed E-state index contributed by atoms with van der Waals surface area (Å²) in [5, 5.41) is 11.8. The molecule has 1 atom stereocenters. The van der Waals surface area contributed by atoms with Crippen molar-refractivity contribution in [3.63, 3.8) is 0 Å². The molecule has 0 unspecified atom stereocenters. The summed E-state index contributed by atoms with van der Waals surface area (Å²) < 4.78 is 7.25. The van der Waals surface area contributed by atoms with Crippen LogP contribution in [0.2, 0.25) is 0 Å². The minimum Gasteiger partial charge on any atom is -0.453 e. The van der Waals surface area contributed by atoms with Crippen LogP contribution in [0.15, 0.2) is 78.9 Å². The minimum absolute atomic E-state index is 0.129. The van der Waals surface area contributed by atoms with Gasteiger partial charge in [0.05, 0.1) is 19.6 Å². The van der Waals surface area contributed by atoms with Gasteiger partial charge in [-0.1, -0.05) is 78.9 Å². The number of aryl methyl sites for hydroxylation is 1. The molecule has 4 nitrogen and oxygen atoms in total. The van der Waals surface area contributed by atoms with Crippen LogP contribution in [-0.4, -0.2) is 47.8 Å². The average Bonchev–Trinajstić information content (AvgIpc) is 3.15. The summed E-state index contributed by atoms with van der Waals surface area (Å²) in [5.74, 6) is -0.125. The van der Waals surface area contributed by atoms with Crippen LogP contribution in [0.1, 0.15) is 36.0 Å². The van der Waals surface area contributed by atoms with Gasteiger partial charge in [-0.25, -0.2) is 4.79 Å². The van der Waals surface area contributed by atoms with Crippen molar-refractivity contribution >= 4 is 5.97 Å². The summed E-state index contributed by atoms with van der Waals surface area (Å²) in [6.45, 7) is 4.32. The molecule has 3 heterocycles. The van der Waals surface area contributed by atoms with Crippen LogP contribution in [0.4, 0.5) is 0 Å². The van der Waals surface area contributed by atoms with Crippen LogP contribution < -0.4 is 0 Å². The van der Waals surface area contributed by atoms with Gasteiger partial charge in [0.25, 0.3) is 0 Å². The van der Waals surface area contributed by atoms with E-state index >= 15 is 0 Å². The summed E-state index contributed by atoms with van der Waals surface area (Å²) >= 11 is 0. The number of fused-ring (bicyclic) bond motifs is 6. The molecule has 3 aromatic carbocycles. The van der Waals surface area contributed by atoms with Gasteiger partial charge in [0.1, 0.15) is 6.54 Å². The highest BCUT2D eigenvalue weighted by molar-refractivity contribution is 5.96. The van der Waals surface area contributed by atoms with E-state index in [0.717, 1.165) is 54.4 Å². The Labute approximate surface area is 201 Å². The van der Waals surface area contributed by atoms with Crippen LogP contribution >= 0.6 is 0 Å². The lowest BCUT2D eigenvalue weighted by Gasteiger charge is -2.52. The molecule has 4 aliphatic rings. The van der Waals surface area contributed by atoms with Gasteiger partial charge in [-0.15, -0.1) is 0 Å². The monoisotopic (exact) mass is 454 g/mol. The number of carbonyl (C=O) groups is 1. The number of hydrogen-bond donors (Lipinski definition) is 1. The number of esters is 1.